The van der Waals surface area contributed by atoms with Crippen LogP contribution in [0.2, 0.25) is 0 Å². The summed E-state index contributed by atoms with van der Waals surface area (Å²) in [5, 5.41) is 0. The van der Waals surface area contributed by atoms with Crippen LogP contribution in [-0.4, -0.2) is 39.5 Å². The van der Waals surface area contributed by atoms with Crippen LogP contribution in [0.15, 0.2) is 18.3 Å². The van der Waals surface area contributed by atoms with Gasteiger partial charge in [-0.2, -0.15) is 13.2 Å². The Kier molecular flexibility index (Phi) is 5.15. The molecule has 0 radical (unpaired) electrons. The van der Waals surface area contributed by atoms with Crippen molar-refractivity contribution in [2.45, 2.75) is 65.1 Å². The second-order valence-electron chi connectivity index (χ2n) is 9.84. The van der Waals surface area contributed by atoms with E-state index in [0.29, 0.717) is 44.9 Å². The normalized spacial score (nSPS) is 21.8. The standard InChI is InChI=1S/C24H27F3N4O2/c1-14-17-11-31(12-20(17)29-19-9-23(2,3)33-13-18(14)19)22(32)15-5-7-30(10-15)16-4-6-28-21(8-16)24(25,26)27/h4,6,8,15H,5,7,9-13H2,1-3H3/t15-/m1/s1. The molecule has 6 nitrogen and oxygen atoms in total. The van der Waals surface area contributed by atoms with Crippen LogP contribution < -0.4 is 4.90 Å². The SMILES string of the molecule is Cc1c2c(nc3c1CN(C(=O)[C@@H]1CCN(c4ccnc(C(F)(F)F)c4)C1)C3)CC(C)(C)OC2. The first-order valence-electron chi connectivity index (χ1n) is 11.2. The number of alkyl halides is 3. The van der Waals surface area contributed by atoms with Gasteiger partial charge in [0.05, 0.1) is 30.4 Å². The number of rotatable bonds is 2. The molecule has 0 N–H and O–H groups in total. The van der Waals surface area contributed by atoms with Crippen LogP contribution in [0, 0.1) is 12.8 Å². The van der Waals surface area contributed by atoms with E-state index >= 15 is 0 Å². The summed E-state index contributed by atoms with van der Waals surface area (Å²) in [6.07, 6.45) is -1.96. The first-order chi connectivity index (χ1) is 15.5. The van der Waals surface area contributed by atoms with Gasteiger partial charge in [0.15, 0.2) is 0 Å². The maximum atomic E-state index is 13.3. The Hall–Kier alpha value is -2.68. The van der Waals surface area contributed by atoms with Crippen molar-refractivity contribution in [1.29, 1.82) is 0 Å². The minimum absolute atomic E-state index is 0.0366. The third-order valence-corrected chi connectivity index (χ3v) is 7.01. The zero-order chi connectivity index (χ0) is 23.5. The molecule has 0 saturated carbocycles. The van der Waals surface area contributed by atoms with Gasteiger partial charge in [-0.1, -0.05) is 0 Å². The summed E-state index contributed by atoms with van der Waals surface area (Å²) in [7, 11) is 0. The summed E-state index contributed by atoms with van der Waals surface area (Å²) >= 11 is 0. The van der Waals surface area contributed by atoms with Crippen molar-refractivity contribution in [3.8, 4) is 0 Å². The molecule has 0 spiro atoms. The molecule has 1 fully saturated rings. The Morgan fingerprint density at radius 2 is 2.00 bits per heavy atom. The Bertz CT molecular complexity index is 1120. The lowest BCUT2D eigenvalue weighted by Crippen LogP contribution is -2.34. The molecule has 0 unspecified atom stereocenters. The number of hydrogen-bond donors (Lipinski definition) is 0. The first-order valence-corrected chi connectivity index (χ1v) is 11.2. The number of halogens is 3. The highest BCUT2D eigenvalue weighted by Crippen LogP contribution is 2.36. The first kappa shape index (κ1) is 22.1. The second-order valence-corrected chi connectivity index (χ2v) is 9.84. The Morgan fingerprint density at radius 3 is 2.76 bits per heavy atom. The number of carbonyl (C=O) groups excluding carboxylic acids is 1. The summed E-state index contributed by atoms with van der Waals surface area (Å²) in [6.45, 7) is 8.67. The molecule has 9 heteroatoms. The molecule has 5 rings (SSSR count). The van der Waals surface area contributed by atoms with Crippen molar-refractivity contribution < 1.29 is 22.7 Å². The van der Waals surface area contributed by atoms with Crippen molar-refractivity contribution in [3.63, 3.8) is 0 Å². The highest BCUT2D eigenvalue weighted by Gasteiger charge is 2.38. The summed E-state index contributed by atoms with van der Waals surface area (Å²) in [5.74, 6) is -0.214. The second kappa shape index (κ2) is 7.68. The highest BCUT2D eigenvalue weighted by atomic mass is 19.4. The fraction of sp³-hybridized carbons (Fsp3) is 0.542. The molecule has 1 atom stereocenters. The van der Waals surface area contributed by atoms with Gasteiger partial charge in [-0.25, -0.2) is 0 Å². The quantitative estimate of drug-likeness (QED) is 0.678. The summed E-state index contributed by atoms with van der Waals surface area (Å²) < 4.78 is 45.0. The van der Waals surface area contributed by atoms with E-state index in [2.05, 4.69) is 25.8 Å². The van der Waals surface area contributed by atoms with E-state index in [4.69, 9.17) is 9.72 Å². The monoisotopic (exact) mass is 460 g/mol. The molecule has 0 aromatic carbocycles. The van der Waals surface area contributed by atoms with Crippen molar-refractivity contribution in [1.82, 2.24) is 14.9 Å². The number of nitrogens with zero attached hydrogens (tertiary/aromatic N) is 4. The maximum absolute atomic E-state index is 13.3. The fourth-order valence-corrected chi connectivity index (χ4v) is 5.12. The van der Waals surface area contributed by atoms with Gasteiger partial charge in [-0.15, -0.1) is 0 Å². The molecule has 0 aliphatic carbocycles. The molecule has 3 aliphatic heterocycles. The van der Waals surface area contributed by atoms with Gasteiger partial charge in [0.1, 0.15) is 5.69 Å². The maximum Gasteiger partial charge on any atom is 0.433 e. The molecule has 33 heavy (non-hydrogen) atoms. The van der Waals surface area contributed by atoms with E-state index in [1.165, 1.54) is 6.20 Å². The van der Waals surface area contributed by atoms with Crippen LogP contribution in [0.25, 0.3) is 0 Å². The van der Waals surface area contributed by atoms with Crippen LogP contribution >= 0.6 is 0 Å². The minimum atomic E-state index is -4.49. The van der Waals surface area contributed by atoms with Gasteiger partial charge in [-0.3, -0.25) is 14.8 Å². The highest BCUT2D eigenvalue weighted by molar-refractivity contribution is 5.81. The number of fused-ring (bicyclic) bond motifs is 2. The molecule has 1 saturated heterocycles. The minimum Gasteiger partial charge on any atom is -0.371 e. The van der Waals surface area contributed by atoms with Crippen LogP contribution in [0.3, 0.4) is 0 Å². The number of carbonyl (C=O) groups is 1. The van der Waals surface area contributed by atoms with Crippen LogP contribution in [-0.2, 0) is 41.8 Å². The zero-order valence-corrected chi connectivity index (χ0v) is 19.0. The molecule has 3 aliphatic rings. The number of amides is 1. The number of anilines is 1. The molecule has 2 aromatic rings. The number of aromatic nitrogens is 2. The number of pyridine rings is 2. The predicted octanol–water partition coefficient (Wildman–Crippen LogP) is 4.02. The molecule has 2 aromatic heterocycles. The summed E-state index contributed by atoms with van der Waals surface area (Å²) in [6, 6.07) is 2.62. The Morgan fingerprint density at radius 1 is 1.21 bits per heavy atom. The molecule has 176 valence electrons. The largest absolute Gasteiger partial charge is 0.433 e. The third-order valence-electron chi connectivity index (χ3n) is 7.01. The fourth-order valence-electron chi connectivity index (χ4n) is 5.12. The summed E-state index contributed by atoms with van der Waals surface area (Å²) in [4.78, 5) is 25.3. The van der Waals surface area contributed by atoms with E-state index in [-0.39, 0.29) is 17.4 Å². The topological polar surface area (TPSA) is 58.6 Å². The van der Waals surface area contributed by atoms with Gasteiger partial charge in [0.25, 0.3) is 0 Å². The number of ether oxygens (including phenoxy) is 1. The van der Waals surface area contributed by atoms with Crippen molar-refractivity contribution in [2.24, 2.45) is 5.92 Å². The van der Waals surface area contributed by atoms with E-state index in [1.54, 1.807) is 6.07 Å². The van der Waals surface area contributed by atoms with E-state index < -0.39 is 11.9 Å². The van der Waals surface area contributed by atoms with Gasteiger partial charge < -0.3 is 14.5 Å². The van der Waals surface area contributed by atoms with Crippen molar-refractivity contribution in [2.75, 3.05) is 18.0 Å². The Balaban J connectivity index is 1.30. The smallest absolute Gasteiger partial charge is 0.371 e. The lowest BCUT2D eigenvalue weighted by molar-refractivity contribution is -0.141. The van der Waals surface area contributed by atoms with Gasteiger partial charge in [0.2, 0.25) is 5.91 Å². The van der Waals surface area contributed by atoms with Crippen LogP contribution in [0.4, 0.5) is 18.9 Å². The average Bonchev–Trinajstić information content (AvgIpc) is 3.40. The molecule has 1 amide bonds. The van der Waals surface area contributed by atoms with Crippen molar-refractivity contribution >= 4 is 11.6 Å². The zero-order valence-electron chi connectivity index (χ0n) is 19.0. The number of hydrogen-bond acceptors (Lipinski definition) is 5. The summed E-state index contributed by atoms with van der Waals surface area (Å²) in [5.41, 5.74) is 4.69. The van der Waals surface area contributed by atoms with E-state index in [1.807, 2.05) is 9.80 Å². The lowest BCUT2D eigenvalue weighted by Gasteiger charge is -2.32. The molecular weight excluding hydrogens is 433 g/mol. The van der Waals surface area contributed by atoms with Crippen molar-refractivity contribution in [3.05, 3.63) is 52.1 Å². The average molecular weight is 461 g/mol. The lowest BCUT2D eigenvalue weighted by atomic mass is 9.91. The van der Waals surface area contributed by atoms with Gasteiger partial charge >= 0.3 is 6.18 Å². The van der Waals surface area contributed by atoms with E-state index in [0.717, 1.165) is 40.6 Å². The Labute approximate surface area is 190 Å². The van der Waals surface area contributed by atoms with Crippen LogP contribution in [0.1, 0.15) is 54.0 Å². The third kappa shape index (κ3) is 4.07. The molecule has 0 bridgehead atoms. The van der Waals surface area contributed by atoms with Crippen LogP contribution in [0.5, 0.6) is 0 Å². The van der Waals surface area contributed by atoms with Gasteiger partial charge in [0, 0.05) is 49.2 Å². The van der Waals surface area contributed by atoms with E-state index in [9.17, 15) is 18.0 Å². The molecule has 5 heterocycles. The van der Waals surface area contributed by atoms with Gasteiger partial charge in [-0.05, 0) is 50.5 Å². The predicted molar refractivity (Wildman–Crippen MR) is 115 cm³/mol. The molecular formula is C24H27F3N4O2.